The topological polar surface area (TPSA) is 94.0 Å². The average Bonchev–Trinajstić information content (AvgIpc) is 2.35. The number of nitrogens with one attached hydrogen (secondary N) is 1. The Bertz CT molecular complexity index is 625. The lowest BCUT2D eigenvalue weighted by molar-refractivity contribution is 0.100. The molecule has 0 aliphatic carbocycles. The lowest BCUT2D eigenvalue weighted by Gasteiger charge is -2.11. The Kier molecular flexibility index (Phi) is 3.28. The quantitative estimate of drug-likeness (QED) is 0.787. The number of carbonyl (C=O) groups excluding carboxylic acids is 1. The largest absolute Gasteiger partial charge is 0.397 e. The summed E-state index contributed by atoms with van der Waals surface area (Å²) in [5.74, 6) is -2.49. The lowest BCUT2D eigenvalue weighted by atomic mass is 10.2. The Morgan fingerprint density at radius 1 is 1.26 bits per heavy atom. The molecule has 1 aromatic heterocycles. The van der Waals surface area contributed by atoms with Gasteiger partial charge in [-0.2, -0.15) is 0 Å². The minimum Gasteiger partial charge on any atom is -0.397 e. The third-order valence-electron chi connectivity index (χ3n) is 2.38. The Balaban J connectivity index is 2.47. The van der Waals surface area contributed by atoms with Crippen LogP contribution in [0.3, 0.4) is 0 Å². The Hall–Kier alpha value is -2.70. The highest BCUT2D eigenvalue weighted by Gasteiger charge is 2.14. The van der Waals surface area contributed by atoms with Gasteiger partial charge in [0.1, 0.15) is 23.1 Å². The Morgan fingerprint density at radius 2 is 1.89 bits per heavy atom. The number of primary amides is 1. The molecule has 0 atom stereocenters. The number of anilines is 3. The van der Waals surface area contributed by atoms with Crippen molar-refractivity contribution in [2.24, 2.45) is 5.73 Å². The van der Waals surface area contributed by atoms with E-state index in [9.17, 15) is 13.6 Å². The molecule has 7 heteroatoms. The molecule has 5 nitrogen and oxygen atoms in total. The molecule has 1 aromatic carbocycles. The van der Waals surface area contributed by atoms with Crippen LogP contribution in [-0.2, 0) is 0 Å². The molecular weight excluding hydrogens is 254 g/mol. The highest BCUT2D eigenvalue weighted by molar-refractivity contribution is 5.99. The minimum atomic E-state index is -0.811. The summed E-state index contributed by atoms with van der Waals surface area (Å²) in [5.41, 5.74) is 10.4. The predicted octanol–water partition coefficient (Wildman–Crippen LogP) is 1.78. The molecule has 19 heavy (non-hydrogen) atoms. The van der Waals surface area contributed by atoms with Gasteiger partial charge in [-0.3, -0.25) is 4.79 Å². The average molecular weight is 264 g/mol. The number of halogens is 2. The van der Waals surface area contributed by atoms with Crippen molar-refractivity contribution in [2.45, 2.75) is 0 Å². The predicted molar refractivity (Wildman–Crippen MR) is 66.8 cm³/mol. The first-order valence-electron chi connectivity index (χ1n) is 5.25. The van der Waals surface area contributed by atoms with E-state index in [-0.39, 0.29) is 17.1 Å². The maximum atomic E-state index is 13.5. The molecule has 0 saturated carbocycles. The van der Waals surface area contributed by atoms with Crippen LogP contribution in [0.5, 0.6) is 0 Å². The summed E-state index contributed by atoms with van der Waals surface area (Å²) in [7, 11) is 0. The summed E-state index contributed by atoms with van der Waals surface area (Å²) in [6.07, 6.45) is 1.24. The second kappa shape index (κ2) is 4.89. The highest BCUT2D eigenvalue weighted by atomic mass is 19.1. The van der Waals surface area contributed by atoms with E-state index in [1.165, 1.54) is 18.3 Å². The van der Waals surface area contributed by atoms with Crippen molar-refractivity contribution in [3.63, 3.8) is 0 Å². The first kappa shape index (κ1) is 12.7. The number of hydrogen-bond acceptors (Lipinski definition) is 4. The van der Waals surface area contributed by atoms with E-state index in [2.05, 4.69) is 10.3 Å². The molecule has 2 aromatic rings. The fourth-order valence-electron chi connectivity index (χ4n) is 1.50. The van der Waals surface area contributed by atoms with Crippen LogP contribution in [0, 0.1) is 11.6 Å². The van der Waals surface area contributed by atoms with Crippen LogP contribution in [0.2, 0.25) is 0 Å². The van der Waals surface area contributed by atoms with Crippen LogP contribution in [0.15, 0.2) is 30.5 Å². The summed E-state index contributed by atoms with van der Waals surface area (Å²) >= 11 is 0. The molecule has 0 bridgehead atoms. The Morgan fingerprint density at radius 3 is 2.47 bits per heavy atom. The lowest BCUT2D eigenvalue weighted by Crippen LogP contribution is -2.15. The SMILES string of the molecule is NC(=O)c1cc(N)cnc1Nc1c(F)cccc1F. The number of para-hydroxylation sites is 1. The second-order valence-electron chi connectivity index (χ2n) is 3.75. The number of rotatable bonds is 3. The first-order chi connectivity index (χ1) is 8.99. The molecule has 1 amide bonds. The number of aromatic nitrogens is 1. The molecule has 1 heterocycles. The number of amides is 1. The van der Waals surface area contributed by atoms with Gasteiger partial charge in [-0.15, -0.1) is 0 Å². The van der Waals surface area contributed by atoms with E-state index >= 15 is 0 Å². The molecule has 0 fully saturated rings. The number of carbonyl (C=O) groups is 1. The van der Waals surface area contributed by atoms with Crippen molar-refractivity contribution < 1.29 is 13.6 Å². The monoisotopic (exact) mass is 264 g/mol. The Labute approximate surface area is 107 Å². The molecule has 0 spiro atoms. The molecule has 5 N–H and O–H groups in total. The molecule has 98 valence electrons. The zero-order chi connectivity index (χ0) is 14.0. The summed E-state index contributed by atoms with van der Waals surface area (Å²) in [6, 6.07) is 4.65. The van der Waals surface area contributed by atoms with Gasteiger partial charge in [-0.05, 0) is 18.2 Å². The van der Waals surface area contributed by atoms with E-state index in [0.29, 0.717) is 0 Å². The van der Waals surface area contributed by atoms with Crippen molar-refractivity contribution in [1.29, 1.82) is 0 Å². The van der Waals surface area contributed by atoms with Crippen LogP contribution in [0.4, 0.5) is 26.0 Å². The zero-order valence-corrected chi connectivity index (χ0v) is 9.65. The molecule has 0 aliphatic heterocycles. The summed E-state index contributed by atoms with van der Waals surface area (Å²) in [6.45, 7) is 0. The van der Waals surface area contributed by atoms with Gasteiger partial charge in [0.2, 0.25) is 0 Å². The van der Waals surface area contributed by atoms with Crippen molar-refractivity contribution in [2.75, 3.05) is 11.1 Å². The third kappa shape index (κ3) is 2.59. The van der Waals surface area contributed by atoms with E-state index in [4.69, 9.17) is 11.5 Å². The van der Waals surface area contributed by atoms with Gasteiger partial charge in [0.25, 0.3) is 5.91 Å². The van der Waals surface area contributed by atoms with Gasteiger partial charge in [0, 0.05) is 0 Å². The number of nitrogen functional groups attached to an aromatic ring is 1. The van der Waals surface area contributed by atoms with Gasteiger partial charge in [-0.25, -0.2) is 13.8 Å². The standard InChI is InChI=1S/C12H10F2N4O/c13-8-2-1-3-9(14)10(8)18-12-7(11(16)19)4-6(15)5-17-12/h1-5H,15H2,(H2,16,19)(H,17,18). The fraction of sp³-hybridized carbons (Fsp3) is 0. The molecule has 0 unspecified atom stereocenters. The maximum absolute atomic E-state index is 13.5. The number of nitrogens with zero attached hydrogens (tertiary/aromatic N) is 1. The van der Waals surface area contributed by atoms with Crippen LogP contribution in [-0.4, -0.2) is 10.9 Å². The first-order valence-corrected chi connectivity index (χ1v) is 5.25. The van der Waals surface area contributed by atoms with Crippen molar-refractivity contribution in [1.82, 2.24) is 4.98 Å². The highest BCUT2D eigenvalue weighted by Crippen LogP contribution is 2.24. The molecule has 2 rings (SSSR count). The number of nitrogens with two attached hydrogens (primary N) is 2. The van der Waals surface area contributed by atoms with Gasteiger partial charge in [-0.1, -0.05) is 6.07 Å². The van der Waals surface area contributed by atoms with Crippen LogP contribution >= 0.6 is 0 Å². The molecular formula is C12H10F2N4O. The second-order valence-corrected chi connectivity index (χ2v) is 3.75. The minimum absolute atomic E-state index is 0.0531. The van der Waals surface area contributed by atoms with E-state index < -0.39 is 23.2 Å². The van der Waals surface area contributed by atoms with Crippen LogP contribution in [0.1, 0.15) is 10.4 Å². The van der Waals surface area contributed by atoms with Gasteiger partial charge in [0.15, 0.2) is 0 Å². The van der Waals surface area contributed by atoms with Gasteiger partial charge in [0.05, 0.1) is 17.4 Å². The maximum Gasteiger partial charge on any atom is 0.252 e. The van der Waals surface area contributed by atoms with E-state index in [1.54, 1.807) is 0 Å². The zero-order valence-electron chi connectivity index (χ0n) is 9.65. The van der Waals surface area contributed by atoms with Crippen molar-refractivity contribution in [3.05, 3.63) is 47.7 Å². The number of hydrogen-bond donors (Lipinski definition) is 3. The number of benzene rings is 1. The molecule has 0 radical (unpaired) electrons. The van der Waals surface area contributed by atoms with E-state index in [1.807, 2.05) is 0 Å². The summed E-state index contributed by atoms with van der Waals surface area (Å²) < 4.78 is 27.0. The van der Waals surface area contributed by atoms with Gasteiger partial charge < -0.3 is 16.8 Å². The molecule has 0 aliphatic rings. The normalized spacial score (nSPS) is 10.2. The fourth-order valence-corrected chi connectivity index (χ4v) is 1.50. The molecule has 0 saturated heterocycles. The van der Waals surface area contributed by atoms with Crippen molar-refractivity contribution >= 4 is 23.1 Å². The van der Waals surface area contributed by atoms with Gasteiger partial charge >= 0.3 is 0 Å². The third-order valence-corrected chi connectivity index (χ3v) is 2.38. The van der Waals surface area contributed by atoms with Crippen LogP contribution < -0.4 is 16.8 Å². The van der Waals surface area contributed by atoms with Crippen LogP contribution in [0.25, 0.3) is 0 Å². The van der Waals surface area contributed by atoms with Crippen molar-refractivity contribution in [3.8, 4) is 0 Å². The summed E-state index contributed by atoms with van der Waals surface area (Å²) in [5, 5.41) is 2.40. The van der Waals surface area contributed by atoms with E-state index in [0.717, 1.165) is 12.1 Å². The summed E-state index contributed by atoms with van der Waals surface area (Å²) in [4.78, 5) is 15.0. The number of pyridine rings is 1. The smallest absolute Gasteiger partial charge is 0.252 e.